The molecule has 5 rings (SSSR count). The van der Waals surface area contributed by atoms with E-state index in [2.05, 4.69) is 10.4 Å². The number of carbonyl (C=O) groups is 2. The minimum atomic E-state index is -1.20. The molecule has 1 atom stereocenters. The zero-order valence-electron chi connectivity index (χ0n) is 20.3. The van der Waals surface area contributed by atoms with Crippen molar-refractivity contribution >= 4 is 17.5 Å². The topological polar surface area (TPSA) is 80.4 Å². The molecule has 0 spiro atoms. The molecule has 0 radical (unpaired) electrons. The van der Waals surface area contributed by atoms with Gasteiger partial charge in [0, 0.05) is 18.3 Å². The van der Waals surface area contributed by atoms with Gasteiger partial charge in [-0.15, -0.1) is 0 Å². The van der Waals surface area contributed by atoms with Crippen LogP contribution in [0.15, 0.2) is 71.3 Å². The summed E-state index contributed by atoms with van der Waals surface area (Å²) in [6.45, 7) is 8.37. The molecule has 7 nitrogen and oxygen atoms in total. The van der Waals surface area contributed by atoms with Gasteiger partial charge in [0.1, 0.15) is 16.9 Å². The van der Waals surface area contributed by atoms with Crippen LogP contribution in [0.5, 0.6) is 0 Å². The molecule has 1 aliphatic rings. The summed E-state index contributed by atoms with van der Waals surface area (Å²) in [7, 11) is 0. The molecule has 35 heavy (non-hydrogen) atoms. The number of nitrogens with one attached hydrogen (secondary N) is 1. The van der Waals surface area contributed by atoms with Gasteiger partial charge in [-0.05, 0) is 62.6 Å². The molecule has 1 aliphatic heterocycles. The molecule has 2 amide bonds. The van der Waals surface area contributed by atoms with Crippen LogP contribution < -0.4 is 10.2 Å². The van der Waals surface area contributed by atoms with Crippen molar-refractivity contribution in [2.45, 2.75) is 46.3 Å². The summed E-state index contributed by atoms with van der Waals surface area (Å²) in [5.74, 6) is 0.0558. The Kier molecular flexibility index (Phi) is 5.55. The second-order valence-corrected chi connectivity index (χ2v) is 9.36. The maximum absolute atomic E-state index is 13.9. The minimum Gasteiger partial charge on any atom is -0.463 e. The van der Waals surface area contributed by atoms with Crippen molar-refractivity contribution in [3.8, 4) is 11.5 Å². The van der Waals surface area contributed by atoms with Gasteiger partial charge in [-0.1, -0.05) is 42.0 Å². The first-order valence-electron chi connectivity index (χ1n) is 11.6. The second-order valence-electron chi connectivity index (χ2n) is 9.36. The van der Waals surface area contributed by atoms with Gasteiger partial charge in [-0.25, -0.2) is 0 Å². The molecule has 0 fully saturated rings. The number of rotatable bonds is 5. The van der Waals surface area contributed by atoms with Crippen LogP contribution in [0.3, 0.4) is 0 Å². The van der Waals surface area contributed by atoms with Crippen molar-refractivity contribution in [2.75, 3.05) is 4.90 Å². The Balaban J connectivity index is 1.57. The van der Waals surface area contributed by atoms with Crippen LogP contribution in [-0.4, -0.2) is 27.1 Å². The summed E-state index contributed by atoms with van der Waals surface area (Å²) in [6.07, 6.45) is 1.57. The Hall–Kier alpha value is -4.13. The number of hydrogen-bond acceptors (Lipinski definition) is 4. The van der Waals surface area contributed by atoms with Crippen LogP contribution in [-0.2, 0) is 17.9 Å². The zero-order chi connectivity index (χ0) is 24.7. The van der Waals surface area contributed by atoms with Crippen LogP contribution in [0.1, 0.15) is 39.7 Å². The number of carbonyl (C=O) groups excluding carboxylic acids is 2. The van der Waals surface area contributed by atoms with Gasteiger partial charge < -0.3 is 9.73 Å². The van der Waals surface area contributed by atoms with E-state index < -0.39 is 5.54 Å². The molecule has 178 valence electrons. The third-order valence-electron chi connectivity index (χ3n) is 6.71. The van der Waals surface area contributed by atoms with E-state index in [9.17, 15) is 9.59 Å². The van der Waals surface area contributed by atoms with E-state index in [1.54, 1.807) is 41.0 Å². The van der Waals surface area contributed by atoms with Gasteiger partial charge in [0.15, 0.2) is 5.76 Å². The van der Waals surface area contributed by atoms with E-state index in [1.165, 1.54) is 0 Å². The lowest BCUT2D eigenvalue weighted by molar-refractivity contribution is -0.126. The summed E-state index contributed by atoms with van der Waals surface area (Å²) in [5, 5.41) is 7.69. The first kappa shape index (κ1) is 22.7. The Morgan fingerprint density at radius 2 is 1.86 bits per heavy atom. The van der Waals surface area contributed by atoms with E-state index in [0.29, 0.717) is 29.4 Å². The van der Waals surface area contributed by atoms with Gasteiger partial charge in [-0.2, -0.15) is 5.10 Å². The van der Waals surface area contributed by atoms with E-state index in [1.807, 2.05) is 63.2 Å². The van der Waals surface area contributed by atoms with Gasteiger partial charge in [0.2, 0.25) is 5.91 Å². The lowest BCUT2D eigenvalue weighted by Gasteiger charge is -2.43. The Morgan fingerprint density at radius 3 is 2.57 bits per heavy atom. The van der Waals surface area contributed by atoms with Crippen molar-refractivity contribution in [3.05, 3.63) is 94.9 Å². The normalized spacial score (nSPS) is 17.4. The number of anilines is 1. The van der Waals surface area contributed by atoms with Gasteiger partial charge in [0.05, 0.1) is 12.8 Å². The average Bonchev–Trinajstić information content (AvgIpc) is 3.50. The zero-order valence-corrected chi connectivity index (χ0v) is 20.3. The van der Waals surface area contributed by atoms with Crippen LogP contribution in [0, 0.1) is 20.8 Å². The summed E-state index contributed by atoms with van der Waals surface area (Å²) in [5.41, 5.74) is 4.64. The van der Waals surface area contributed by atoms with E-state index >= 15 is 0 Å². The largest absolute Gasteiger partial charge is 0.463 e. The molecular weight excluding hydrogens is 440 g/mol. The Bertz CT molecular complexity index is 1420. The standard InChI is InChI=1S/C28H28N4O3/c1-18-11-12-23(20(3)14-18)32-26(33)24-15-22(25-10-7-13-35-25)30-31(24)17-28(32,4)27(34)29-16-21-9-6-5-8-19(21)2/h5-15H,16-17H2,1-4H3,(H,29,34)/t28-/m0/s1. The summed E-state index contributed by atoms with van der Waals surface area (Å²) >= 11 is 0. The quantitative estimate of drug-likeness (QED) is 0.456. The highest BCUT2D eigenvalue weighted by Crippen LogP contribution is 2.36. The van der Waals surface area contributed by atoms with Crippen molar-refractivity contribution in [2.24, 2.45) is 0 Å². The predicted molar refractivity (Wildman–Crippen MR) is 134 cm³/mol. The summed E-state index contributed by atoms with van der Waals surface area (Å²) in [4.78, 5) is 29.4. The number of hydrogen-bond donors (Lipinski definition) is 1. The van der Waals surface area contributed by atoms with Crippen LogP contribution in [0.2, 0.25) is 0 Å². The van der Waals surface area contributed by atoms with Crippen molar-refractivity contribution < 1.29 is 14.0 Å². The Morgan fingerprint density at radius 1 is 1.06 bits per heavy atom. The fraction of sp³-hybridized carbons (Fsp3) is 0.250. The molecule has 0 bridgehead atoms. The number of furan rings is 1. The third-order valence-corrected chi connectivity index (χ3v) is 6.71. The predicted octanol–water partition coefficient (Wildman–Crippen LogP) is 4.80. The first-order valence-corrected chi connectivity index (χ1v) is 11.6. The second kappa shape index (κ2) is 8.58. The molecule has 1 N–H and O–H groups in total. The number of aromatic nitrogens is 2. The number of aryl methyl sites for hydroxylation is 3. The van der Waals surface area contributed by atoms with E-state index in [-0.39, 0.29) is 18.4 Å². The van der Waals surface area contributed by atoms with E-state index in [4.69, 9.17) is 4.42 Å². The monoisotopic (exact) mass is 468 g/mol. The number of nitrogens with zero attached hydrogens (tertiary/aromatic N) is 3. The van der Waals surface area contributed by atoms with Crippen LogP contribution in [0.4, 0.5) is 5.69 Å². The maximum Gasteiger partial charge on any atom is 0.277 e. The van der Waals surface area contributed by atoms with Crippen molar-refractivity contribution in [3.63, 3.8) is 0 Å². The molecule has 7 heteroatoms. The Labute approximate surface area is 204 Å². The molecular formula is C28H28N4O3. The van der Waals surface area contributed by atoms with Gasteiger partial charge in [0.25, 0.3) is 5.91 Å². The third kappa shape index (κ3) is 3.93. The molecule has 2 aromatic carbocycles. The van der Waals surface area contributed by atoms with Crippen LogP contribution >= 0.6 is 0 Å². The molecule has 0 unspecified atom stereocenters. The minimum absolute atomic E-state index is 0.210. The summed E-state index contributed by atoms with van der Waals surface area (Å²) in [6, 6.07) is 19.1. The molecule has 0 aliphatic carbocycles. The number of fused-ring (bicyclic) bond motifs is 1. The van der Waals surface area contributed by atoms with Crippen LogP contribution in [0.25, 0.3) is 11.5 Å². The van der Waals surface area contributed by atoms with Crippen molar-refractivity contribution in [1.29, 1.82) is 0 Å². The molecule has 4 aromatic rings. The molecule has 3 heterocycles. The lowest BCUT2D eigenvalue weighted by Crippen LogP contribution is -2.64. The smallest absolute Gasteiger partial charge is 0.277 e. The fourth-order valence-electron chi connectivity index (χ4n) is 4.73. The lowest BCUT2D eigenvalue weighted by atomic mass is 9.92. The molecule has 0 saturated heterocycles. The first-order chi connectivity index (χ1) is 16.8. The van der Waals surface area contributed by atoms with Gasteiger partial charge >= 0.3 is 0 Å². The van der Waals surface area contributed by atoms with Crippen molar-refractivity contribution in [1.82, 2.24) is 15.1 Å². The average molecular weight is 469 g/mol. The number of amides is 2. The summed E-state index contributed by atoms with van der Waals surface area (Å²) < 4.78 is 7.11. The highest BCUT2D eigenvalue weighted by molar-refractivity contribution is 6.12. The highest BCUT2D eigenvalue weighted by atomic mass is 16.3. The van der Waals surface area contributed by atoms with Gasteiger partial charge in [-0.3, -0.25) is 19.2 Å². The fourth-order valence-corrected chi connectivity index (χ4v) is 4.73. The van der Waals surface area contributed by atoms with E-state index in [0.717, 1.165) is 22.3 Å². The SMILES string of the molecule is Cc1ccc(N2C(=O)c3cc(-c4ccco4)nn3C[C@@]2(C)C(=O)NCc2ccccc2C)c(C)c1. The molecule has 0 saturated carbocycles. The maximum atomic E-state index is 13.9. The molecule has 2 aromatic heterocycles. The number of benzene rings is 2. The highest BCUT2D eigenvalue weighted by Gasteiger charge is 2.49.